The Morgan fingerprint density at radius 3 is 2.75 bits per heavy atom. The summed E-state index contributed by atoms with van der Waals surface area (Å²) >= 11 is 0. The molecule has 0 aliphatic carbocycles. The Morgan fingerprint density at radius 2 is 2.05 bits per heavy atom. The number of ether oxygens (including phenoxy) is 2. The highest BCUT2D eigenvalue weighted by Gasteiger charge is 2.21. The summed E-state index contributed by atoms with van der Waals surface area (Å²) in [6.07, 6.45) is 0. The van der Waals surface area contributed by atoms with E-state index in [1.54, 1.807) is 19.1 Å². The highest BCUT2D eigenvalue weighted by atomic mass is 16.5. The zero-order chi connectivity index (χ0) is 14.5. The van der Waals surface area contributed by atoms with Crippen LogP contribution in [0, 0.1) is 0 Å². The van der Waals surface area contributed by atoms with Crippen LogP contribution in [0.2, 0.25) is 0 Å². The molecule has 0 radical (unpaired) electrons. The summed E-state index contributed by atoms with van der Waals surface area (Å²) in [5.74, 6) is 0.180. The molecule has 0 amide bonds. The van der Waals surface area contributed by atoms with E-state index in [1.807, 2.05) is 19.1 Å². The SMILES string of the molecule is CCOC(=O)c1nc(-c2ccccc2OCC)oc1N. The van der Waals surface area contributed by atoms with Crippen molar-refractivity contribution in [2.45, 2.75) is 13.8 Å². The number of nitrogens with two attached hydrogens (primary N) is 1. The van der Waals surface area contributed by atoms with Gasteiger partial charge in [0.2, 0.25) is 17.5 Å². The lowest BCUT2D eigenvalue weighted by Crippen LogP contribution is -2.07. The Morgan fingerprint density at radius 1 is 1.30 bits per heavy atom. The summed E-state index contributed by atoms with van der Waals surface area (Å²) in [7, 11) is 0. The first-order chi connectivity index (χ1) is 9.67. The second-order valence-electron chi connectivity index (χ2n) is 3.88. The van der Waals surface area contributed by atoms with Crippen LogP contribution in [0.3, 0.4) is 0 Å². The minimum absolute atomic E-state index is 0.0202. The van der Waals surface area contributed by atoms with E-state index in [0.717, 1.165) is 0 Å². The van der Waals surface area contributed by atoms with Crippen LogP contribution in [0.25, 0.3) is 11.5 Å². The smallest absolute Gasteiger partial charge is 0.362 e. The van der Waals surface area contributed by atoms with Crippen molar-refractivity contribution in [2.75, 3.05) is 18.9 Å². The number of rotatable bonds is 5. The van der Waals surface area contributed by atoms with E-state index in [0.29, 0.717) is 17.9 Å². The summed E-state index contributed by atoms with van der Waals surface area (Å²) in [5.41, 5.74) is 6.28. The van der Waals surface area contributed by atoms with Gasteiger partial charge in [-0.25, -0.2) is 4.79 Å². The number of carbonyl (C=O) groups excluding carboxylic acids is 1. The summed E-state index contributed by atoms with van der Waals surface area (Å²) in [5, 5.41) is 0. The van der Waals surface area contributed by atoms with Crippen molar-refractivity contribution in [3.05, 3.63) is 30.0 Å². The van der Waals surface area contributed by atoms with Crippen molar-refractivity contribution < 1.29 is 18.7 Å². The third-order valence-corrected chi connectivity index (χ3v) is 2.54. The van der Waals surface area contributed by atoms with Crippen molar-refractivity contribution in [2.24, 2.45) is 0 Å². The van der Waals surface area contributed by atoms with E-state index in [2.05, 4.69) is 4.98 Å². The molecule has 6 heteroatoms. The van der Waals surface area contributed by atoms with E-state index < -0.39 is 5.97 Å². The van der Waals surface area contributed by atoms with E-state index in [1.165, 1.54) is 0 Å². The maximum absolute atomic E-state index is 11.7. The molecule has 1 aromatic heterocycles. The third kappa shape index (κ3) is 2.74. The van der Waals surface area contributed by atoms with Gasteiger partial charge in [0.05, 0.1) is 18.8 Å². The molecule has 0 unspecified atom stereocenters. The van der Waals surface area contributed by atoms with Crippen molar-refractivity contribution >= 4 is 11.9 Å². The Bertz CT molecular complexity index is 607. The molecule has 0 aliphatic rings. The quantitative estimate of drug-likeness (QED) is 0.844. The van der Waals surface area contributed by atoms with Crippen LogP contribution in [0.5, 0.6) is 5.75 Å². The second-order valence-corrected chi connectivity index (χ2v) is 3.88. The van der Waals surface area contributed by atoms with Gasteiger partial charge in [0.15, 0.2) is 0 Å². The summed E-state index contributed by atoms with van der Waals surface area (Å²) in [6.45, 7) is 4.35. The number of anilines is 1. The molecule has 0 saturated heterocycles. The molecule has 2 rings (SSSR count). The minimum atomic E-state index is -0.603. The number of nitrogen functional groups attached to an aromatic ring is 1. The van der Waals surface area contributed by atoms with Crippen LogP contribution in [0.15, 0.2) is 28.7 Å². The molecule has 1 heterocycles. The van der Waals surface area contributed by atoms with Gasteiger partial charge in [-0.05, 0) is 26.0 Å². The van der Waals surface area contributed by atoms with Gasteiger partial charge in [-0.15, -0.1) is 0 Å². The average molecular weight is 276 g/mol. The molecule has 2 aromatic rings. The zero-order valence-corrected chi connectivity index (χ0v) is 11.4. The van der Waals surface area contributed by atoms with E-state index in [4.69, 9.17) is 19.6 Å². The lowest BCUT2D eigenvalue weighted by Gasteiger charge is -2.06. The number of hydrogen-bond acceptors (Lipinski definition) is 6. The van der Waals surface area contributed by atoms with Gasteiger partial charge >= 0.3 is 5.97 Å². The topological polar surface area (TPSA) is 87.6 Å². The van der Waals surface area contributed by atoms with E-state index in [-0.39, 0.29) is 24.1 Å². The first kappa shape index (κ1) is 13.9. The van der Waals surface area contributed by atoms with Crippen molar-refractivity contribution in [3.8, 4) is 17.2 Å². The zero-order valence-electron chi connectivity index (χ0n) is 11.4. The third-order valence-electron chi connectivity index (χ3n) is 2.54. The maximum atomic E-state index is 11.7. The van der Waals surface area contributed by atoms with Gasteiger partial charge in [0.25, 0.3) is 0 Å². The molecule has 106 valence electrons. The predicted molar refractivity (Wildman–Crippen MR) is 73.5 cm³/mol. The molecule has 0 saturated carbocycles. The lowest BCUT2D eigenvalue weighted by atomic mass is 10.2. The Labute approximate surface area is 116 Å². The molecule has 0 atom stereocenters. The van der Waals surface area contributed by atoms with Crippen LogP contribution in [-0.4, -0.2) is 24.2 Å². The monoisotopic (exact) mass is 276 g/mol. The fraction of sp³-hybridized carbons (Fsp3) is 0.286. The minimum Gasteiger partial charge on any atom is -0.493 e. The maximum Gasteiger partial charge on any atom is 0.362 e. The number of hydrogen-bond donors (Lipinski definition) is 1. The normalized spacial score (nSPS) is 10.3. The molecule has 1 aromatic carbocycles. The molecule has 0 fully saturated rings. The largest absolute Gasteiger partial charge is 0.493 e. The van der Waals surface area contributed by atoms with Crippen LogP contribution < -0.4 is 10.5 Å². The fourth-order valence-electron chi connectivity index (χ4n) is 1.72. The summed E-state index contributed by atoms with van der Waals surface area (Å²) in [4.78, 5) is 15.8. The van der Waals surface area contributed by atoms with Gasteiger partial charge in [-0.3, -0.25) is 0 Å². The van der Waals surface area contributed by atoms with Gasteiger partial charge in [-0.1, -0.05) is 12.1 Å². The Hall–Kier alpha value is -2.50. The number of aromatic nitrogens is 1. The van der Waals surface area contributed by atoms with Crippen LogP contribution in [0.4, 0.5) is 5.88 Å². The second kappa shape index (κ2) is 6.10. The molecule has 0 spiro atoms. The standard InChI is InChI=1S/C14H16N2O4/c1-3-18-10-8-6-5-7-9(10)13-16-11(12(15)20-13)14(17)19-4-2/h5-8H,3-4,15H2,1-2H3. The molecule has 0 aliphatic heterocycles. The molecule has 0 bridgehead atoms. The fourth-order valence-corrected chi connectivity index (χ4v) is 1.72. The predicted octanol–water partition coefficient (Wildman–Crippen LogP) is 2.50. The van der Waals surface area contributed by atoms with Crippen LogP contribution in [-0.2, 0) is 4.74 Å². The average Bonchev–Trinajstić information content (AvgIpc) is 2.82. The van der Waals surface area contributed by atoms with Crippen LogP contribution in [0.1, 0.15) is 24.3 Å². The number of carbonyl (C=O) groups is 1. The van der Waals surface area contributed by atoms with Gasteiger partial charge < -0.3 is 19.6 Å². The van der Waals surface area contributed by atoms with Gasteiger partial charge in [-0.2, -0.15) is 4.98 Å². The Balaban J connectivity index is 2.39. The number of oxazole rings is 1. The van der Waals surface area contributed by atoms with E-state index in [9.17, 15) is 4.79 Å². The molecule has 2 N–H and O–H groups in total. The highest BCUT2D eigenvalue weighted by molar-refractivity contribution is 5.92. The van der Waals surface area contributed by atoms with Crippen LogP contribution >= 0.6 is 0 Å². The van der Waals surface area contributed by atoms with E-state index >= 15 is 0 Å². The first-order valence-corrected chi connectivity index (χ1v) is 6.33. The number of benzene rings is 1. The lowest BCUT2D eigenvalue weighted by molar-refractivity contribution is 0.0521. The number of nitrogens with zero attached hydrogens (tertiary/aromatic N) is 1. The highest BCUT2D eigenvalue weighted by Crippen LogP contribution is 2.31. The number of esters is 1. The Kier molecular flexibility index (Phi) is 4.24. The van der Waals surface area contributed by atoms with Crippen molar-refractivity contribution in [3.63, 3.8) is 0 Å². The molecule has 20 heavy (non-hydrogen) atoms. The van der Waals surface area contributed by atoms with Crippen molar-refractivity contribution in [1.82, 2.24) is 4.98 Å². The summed E-state index contributed by atoms with van der Waals surface area (Å²) in [6, 6.07) is 7.24. The van der Waals surface area contributed by atoms with Gasteiger partial charge in [0.1, 0.15) is 5.75 Å². The first-order valence-electron chi connectivity index (χ1n) is 6.33. The summed E-state index contributed by atoms with van der Waals surface area (Å²) < 4.78 is 15.7. The van der Waals surface area contributed by atoms with Crippen molar-refractivity contribution in [1.29, 1.82) is 0 Å². The molecular weight excluding hydrogens is 260 g/mol. The molecular formula is C14H16N2O4. The number of para-hydroxylation sites is 1. The van der Waals surface area contributed by atoms with Gasteiger partial charge in [0, 0.05) is 0 Å². The molecule has 6 nitrogen and oxygen atoms in total.